The van der Waals surface area contributed by atoms with Gasteiger partial charge in [0.15, 0.2) is 0 Å². The third kappa shape index (κ3) is 6.14. The topological polar surface area (TPSA) is 114 Å². The van der Waals surface area contributed by atoms with Crippen LogP contribution in [0, 0.1) is 11.8 Å². The van der Waals surface area contributed by atoms with Gasteiger partial charge in [0.25, 0.3) is 5.91 Å². The number of ether oxygens (including phenoxy) is 1. The first-order valence-electron chi connectivity index (χ1n) is 14.8. The number of rotatable bonds is 10. The van der Waals surface area contributed by atoms with Crippen molar-refractivity contribution in [2.75, 3.05) is 6.61 Å². The van der Waals surface area contributed by atoms with E-state index in [1.165, 1.54) is 0 Å². The fourth-order valence-corrected chi connectivity index (χ4v) is 6.20. The van der Waals surface area contributed by atoms with Crippen LogP contribution in [-0.2, 0) is 9.53 Å². The average Bonchev–Trinajstić information content (AvgIpc) is 3.47. The van der Waals surface area contributed by atoms with Crippen LogP contribution >= 0.6 is 0 Å². The summed E-state index contributed by atoms with van der Waals surface area (Å²) in [5, 5.41) is 10.6. The maximum atomic E-state index is 13.4. The van der Waals surface area contributed by atoms with Gasteiger partial charge in [0.05, 0.1) is 23.2 Å². The van der Waals surface area contributed by atoms with Crippen LogP contribution in [0.4, 0.5) is 8.78 Å². The van der Waals surface area contributed by atoms with Gasteiger partial charge in [-0.3, -0.25) is 14.3 Å². The normalized spacial score (nSPS) is 22.3. The molecular weight excluding hydrogens is 530 g/mol. The Balaban J connectivity index is 1.22. The summed E-state index contributed by atoms with van der Waals surface area (Å²) in [5.41, 5.74) is 2.99. The van der Waals surface area contributed by atoms with Gasteiger partial charge >= 0.3 is 0 Å². The number of fused-ring (bicyclic) bond motifs is 1. The lowest BCUT2D eigenvalue weighted by atomic mass is 9.79. The first-order valence-corrected chi connectivity index (χ1v) is 14.8. The molecule has 3 aliphatic rings. The van der Waals surface area contributed by atoms with Crippen LogP contribution in [-0.4, -0.2) is 50.2 Å². The number of hydrogen-bond acceptors (Lipinski definition) is 5. The maximum Gasteiger partial charge on any atom is 0.270 e. The summed E-state index contributed by atoms with van der Waals surface area (Å²) >= 11 is 0. The molecule has 3 atom stereocenters. The Hall–Kier alpha value is -3.34. The monoisotopic (exact) mass is 568 g/mol. The standard InChI is InChI=1S/C30H38F2N6O3/c1-17(2)38-23(10-11-33-38)29(40)37-27(24-5-3-4-12-41-24)28-34-21-9-8-20(14-22(21)35-28)26(19-6-7-19)36-25(39)13-18-15-30(31,32)16-18/h8-11,14,17-19,24,26-27H,3-7,12-13,15-16H2,1-2H3,(H,34,35)(H,36,39)(H,37,40)/t24-,26?,27+/m0/s1. The van der Waals surface area contributed by atoms with Gasteiger partial charge in [-0.05, 0) is 81.5 Å². The molecule has 9 nitrogen and oxygen atoms in total. The molecule has 2 aliphatic carbocycles. The molecule has 220 valence electrons. The largest absolute Gasteiger partial charge is 0.376 e. The van der Waals surface area contributed by atoms with E-state index in [4.69, 9.17) is 9.72 Å². The summed E-state index contributed by atoms with van der Waals surface area (Å²) in [4.78, 5) is 34.4. The van der Waals surface area contributed by atoms with Crippen LogP contribution in [0.25, 0.3) is 11.0 Å². The lowest BCUT2D eigenvalue weighted by molar-refractivity contribution is -0.134. The van der Waals surface area contributed by atoms with E-state index in [9.17, 15) is 18.4 Å². The Bertz CT molecular complexity index is 1400. The van der Waals surface area contributed by atoms with E-state index in [0.29, 0.717) is 24.0 Å². The molecular formula is C30H38F2N6O3. The molecule has 2 saturated carbocycles. The highest BCUT2D eigenvalue weighted by atomic mass is 19.3. The zero-order valence-corrected chi connectivity index (χ0v) is 23.5. The second kappa shape index (κ2) is 11.2. The molecule has 1 saturated heterocycles. The Kier molecular flexibility index (Phi) is 7.56. The predicted octanol–water partition coefficient (Wildman–Crippen LogP) is 5.38. The highest BCUT2D eigenvalue weighted by molar-refractivity contribution is 5.93. The van der Waals surface area contributed by atoms with Crippen LogP contribution in [0.2, 0.25) is 0 Å². The van der Waals surface area contributed by atoms with Crippen LogP contribution in [0.5, 0.6) is 0 Å². The quantitative estimate of drug-likeness (QED) is 0.304. The molecule has 41 heavy (non-hydrogen) atoms. The Morgan fingerprint density at radius 3 is 2.61 bits per heavy atom. The zero-order chi connectivity index (χ0) is 28.7. The molecule has 3 N–H and O–H groups in total. The lowest BCUT2D eigenvalue weighted by Gasteiger charge is -2.34. The number of carbonyl (C=O) groups excluding carboxylic acids is 2. The number of nitrogens with one attached hydrogen (secondary N) is 3. The number of hydrogen-bond donors (Lipinski definition) is 3. The van der Waals surface area contributed by atoms with Crippen molar-refractivity contribution in [2.45, 2.75) is 95.4 Å². The molecule has 3 aromatic rings. The number of benzene rings is 1. The van der Waals surface area contributed by atoms with Gasteiger partial charge in [0, 0.05) is 38.1 Å². The van der Waals surface area contributed by atoms with Crippen molar-refractivity contribution < 1.29 is 23.1 Å². The summed E-state index contributed by atoms with van der Waals surface area (Å²) in [6.07, 6.45) is 5.94. The number of carbonyl (C=O) groups is 2. The summed E-state index contributed by atoms with van der Waals surface area (Å²) in [7, 11) is 0. The number of alkyl halides is 2. The first-order chi connectivity index (χ1) is 19.7. The van der Waals surface area contributed by atoms with E-state index in [1.807, 2.05) is 32.0 Å². The Labute approximate surface area is 237 Å². The highest BCUT2D eigenvalue weighted by Gasteiger charge is 2.46. The predicted molar refractivity (Wildman–Crippen MR) is 148 cm³/mol. The summed E-state index contributed by atoms with van der Waals surface area (Å²) in [6, 6.07) is 6.99. The third-order valence-corrected chi connectivity index (χ3v) is 8.50. The zero-order valence-electron chi connectivity index (χ0n) is 23.5. The van der Waals surface area contributed by atoms with E-state index in [2.05, 4.69) is 20.7 Å². The molecule has 1 aliphatic heterocycles. The van der Waals surface area contributed by atoms with E-state index < -0.39 is 12.0 Å². The van der Waals surface area contributed by atoms with E-state index >= 15 is 0 Å². The molecule has 2 aromatic heterocycles. The van der Waals surface area contributed by atoms with Crippen LogP contribution in [0.3, 0.4) is 0 Å². The van der Waals surface area contributed by atoms with Gasteiger partial charge in [-0.2, -0.15) is 5.10 Å². The van der Waals surface area contributed by atoms with Gasteiger partial charge in [-0.25, -0.2) is 13.8 Å². The van der Waals surface area contributed by atoms with Gasteiger partial charge < -0.3 is 20.4 Å². The average molecular weight is 569 g/mol. The molecule has 3 heterocycles. The second-order valence-corrected chi connectivity index (χ2v) is 12.2. The fourth-order valence-electron chi connectivity index (χ4n) is 6.20. The molecule has 11 heteroatoms. The first kappa shape index (κ1) is 27.8. The highest BCUT2D eigenvalue weighted by Crippen LogP contribution is 2.45. The van der Waals surface area contributed by atoms with Gasteiger partial charge in [-0.1, -0.05) is 6.07 Å². The van der Waals surface area contributed by atoms with E-state index in [1.54, 1.807) is 16.9 Å². The van der Waals surface area contributed by atoms with Crippen molar-refractivity contribution in [1.82, 2.24) is 30.4 Å². The molecule has 0 bridgehead atoms. The third-order valence-electron chi connectivity index (χ3n) is 8.50. The number of amides is 2. The van der Waals surface area contributed by atoms with Crippen molar-refractivity contribution in [2.24, 2.45) is 11.8 Å². The summed E-state index contributed by atoms with van der Waals surface area (Å²) in [5.74, 6) is -2.35. The van der Waals surface area contributed by atoms with E-state index in [-0.39, 0.29) is 55.2 Å². The Morgan fingerprint density at radius 2 is 1.93 bits per heavy atom. The minimum atomic E-state index is -2.63. The number of nitrogens with zero attached hydrogens (tertiary/aromatic N) is 3. The van der Waals surface area contributed by atoms with Gasteiger partial charge in [0.1, 0.15) is 17.6 Å². The van der Waals surface area contributed by atoms with Gasteiger partial charge in [-0.15, -0.1) is 0 Å². The lowest BCUT2D eigenvalue weighted by Crippen LogP contribution is -2.40. The summed E-state index contributed by atoms with van der Waals surface area (Å²) in [6.45, 7) is 4.59. The summed E-state index contributed by atoms with van der Waals surface area (Å²) < 4.78 is 34.3. The molecule has 1 unspecified atom stereocenters. The SMILES string of the molecule is CC(C)n1nccc1C(=O)N[C@@H](c1nc2ccc(C(NC(=O)CC3CC(F)(F)C3)C3CC3)cc2[nH]1)[C@@H]1CCCCO1. The second-order valence-electron chi connectivity index (χ2n) is 12.2. The van der Waals surface area contributed by atoms with Crippen molar-refractivity contribution in [3.05, 3.63) is 47.5 Å². The van der Waals surface area contributed by atoms with Gasteiger partial charge in [0.2, 0.25) is 11.8 Å². The molecule has 0 spiro atoms. The number of aromatic amines is 1. The number of H-pyrrole nitrogens is 1. The van der Waals surface area contributed by atoms with Crippen LogP contribution in [0.15, 0.2) is 30.5 Å². The maximum absolute atomic E-state index is 13.4. The van der Waals surface area contributed by atoms with Crippen molar-refractivity contribution >= 4 is 22.8 Å². The minimum absolute atomic E-state index is 0.0364. The fraction of sp³-hybridized carbons (Fsp3) is 0.600. The minimum Gasteiger partial charge on any atom is -0.376 e. The van der Waals surface area contributed by atoms with Crippen molar-refractivity contribution in [3.63, 3.8) is 0 Å². The van der Waals surface area contributed by atoms with Crippen LogP contribution in [0.1, 0.15) is 105 Å². The smallest absolute Gasteiger partial charge is 0.270 e. The molecule has 1 aromatic carbocycles. The molecule has 6 rings (SSSR count). The number of aromatic nitrogens is 4. The molecule has 2 amide bonds. The molecule has 0 radical (unpaired) electrons. The van der Waals surface area contributed by atoms with E-state index in [0.717, 1.165) is 48.7 Å². The number of halogens is 2. The van der Waals surface area contributed by atoms with Crippen molar-refractivity contribution in [1.29, 1.82) is 0 Å². The number of imidazole rings is 1. The van der Waals surface area contributed by atoms with Crippen LogP contribution < -0.4 is 10.6 Å². The molecule has 3 fully saturated rings. The van der Waals surface area contributed by atoms with Crippen molar-refractivity contribution in [3.8, 4) is 0 Å². The Morgan fingerprint density at radius 1 is 1.12 bits per heavy atom.